The molecule has 0 radical (unpaired) electrons. The van der Waals surface area contributed by atoms with Gasteiger partial charge in [-0.15, -0.1) is 0 Å². The summed E-state index contributed by atoms with van der Waals surface area (Å²) in [6.45, 7) is 5.66. The molecule has 3 aliphatic rings. The molecule has 0 spiro atoms. The van der Waals surface area contributed by atoms with Gasteiger partial charge in [-0.3, -0.25) is 9.69 Å². The fraction of sp³-hybridized carbons (Fsp3) is 0.436. The van der Waals surface area contributed by atoms with Crippen LogP contribution in [-0.2, 0) is 28.1 Å². The number of carbonyl (C=O) groups is 1. The number of alkyl halides is 3. The number of nitrogens with one attached hydrogen (secondary N) is 1. The van der Waals surface area contributed by atoms with Gasteiger partial charge in [0.15, 0.2) is 9.84 Å². The molecule has 2 saturated heterocycles. The van der Waals surface area contributed by atoms with E-state index in [0.29, 0.717) is 29.1 Å². The molecule has 4 aromatic rings. The number of nitrogens with zero attached hydrogens (tertiary/aromatic N) is 3. The molecule has 50 heavy (non-hydrogen) atoms. The van der Waals surface area contributed by atoms with Crippen LogP contribution in [-0.4, -0.2) is 67.1 Å². The van der Waals surface area contributed by atoms with Gasteiger partial charge in [0.1, 0.15) is 0 Å². The lowest BCUT2D eigenvalue weighted by Crippen LogP contribution is -2.46. The minimum absolute atomic E-state index is 0.0526. The smallest absolute Gasteiger partial charge is 0.342 e. The zero-order chi connectivity index (χ0) is 35.1. The highest BCUT2D eigenvalue weighted by Crippen LogP contribution is 2.46. The van der Waals surface area contributed by atoms with Gasteiger partial charge in [0.2, 0.25) is 0 Å². The minimum atomic E-state index is -4.58. The Kier molecular flexibility index (Phi) is 9.51. The number of pyridine rings is 1. The van der Waals surface area contributed by atoms with Crippen LogP contribution in [0.2, 0.25) is 0 Å². The van der Waals surface area contributed by atoms with Crippen LogP contribution >= 0.6 is 0 Å². The Bertz CT molecular complexity index is 1980. The average Bonchev–Trinajstić information content (AvgIpc) is 3.92. The summed E-state index contributed by atoms with van der Waals surface area (Å²) in [4.78, 5) is 24.5. The van der Waals surface area contributed by atoms with E-state index < -0.39 is 27.1 Å². The van der Waals surface area contributed by atoms with Gasteiger partial charge in [0.25, 0.3) is 5.91 Å². The second kappa shape index (κ2) is 13.7. The van der Waals surface area contributed by atoms with Crippen molar-refractivity contribution in [2.45, 2.75) is 81.1 Å². The lowest BCUT2D eigenvalue weighted by atomic mass is 9.93. The summed E-state index contributed by atoms with van der Waals surface area (Å²) in [5, 5.41) is 3.77. The number of sulfone groups is 1. The molecule has 7 nitrogen and oxygen atoms in total. The van der Waals surface area contributed by atoms with E-state index in [-0.39, 0.29) is 33.3 Å². The number of aromatic nitrogens is 1. The molecule has 3 heterocycles. The molecule has 0 bridgehead atoms. The molecule has 264 valence electrons. The number of fused-ring (bicyclic) bond motifs is 1. The molecule has 0 atom stereocenters. The highest BCUT2D eigenvalue weighted by molar-refractivity contribution is 7.91. The Balaban J connectivity index is 1.36. The molecule has 3 aromatic carbocycles. The van der Waals surface area contributed by atoms with E-state index in [1.165, 1.54) is 37.5 Å². The van der Waals surface area contributed by atoms with Crippen molar-refractivity contribution in [3.8, 4) is 11.3 Å². The van der Waals surface area contributed by atoms with Crippen LogP contribution in [0.4, 0.5) is 13.2 Å². The second-order valence-corrected chi connectivity index (χ2v) is 16.3. The number of amides is 1. The lowest BCUT2D eigenvalue weighted by Gasteiger charge is -2.40. The van der Waals surface area contributed by atoms with Crippen LogP contribution in [0.1, 0.15) is 78.9 Å². The molecular weight excluding hydrogens is 662 g/mol. The van der Waals surface area contributed by atoms with Crippen molar-refractivity contribution in [1.29, 1.82) is 0 Å². The first-order chi connectivity index (χ1) is 24.0. The summed E-state index contributed by atoms with van der Waals surface area (Å²) in [6, 6.07) is 19.9. The molecule has 1 aromatic heterocycles. The van der Waals surface area contributed by atoms with E-state index in [1.807, 2.05) is 30.3 Å². The number of hydrogen-bond acceptors (Lipinski definition) is 6. The highest BCUT2D eigenvalue weighted by Gasteiger charge is 2.46. The first-order valence-corrected chi connectivity index (χ1v) is 19.3. The molecular formula is C39H43F3N4O3S. The zero-order valence-corrected chi connectivity index (χ0v) is 29.1. The van der Waals surface area contributed by atoms with Gasteiger partial charge >= 0.3 is 6.18 Å². The predicted molar refractivity (Wildman–Crippen MR) is 188 cm³/mol. The molecule has 1 saturated carbocycles. The maximum Gasteiger partial charge on any atom is 0.416 e. The van der Waals surface area contributed by atoms with Crippen molar-refractivity contribution < 1.29 is 26.4 Å². The first kappa shape index (κ1) is 34.6. The Morgan fingerprint density at radius 3 is 2.30 bits per heavy atom. The van der Waals surface area contributed by atoms with Crippen molar-refractivity contribution in [2.24, 2.45) is 0 Å². The largest absolute Gasteiger partial charge is 0.416 e. The molecule has 0 unspecified atom stereocenters. The van der Waals surface area contributed by atoms with E-state index in [9.17, 15) is 26.4 Å². The number of piperidine rings is 2. The molecule has 3 fully saturated rings. The van der Waals surface area contributed by atoms with Crippen LogP contribution in [0.3, 0.4) is 0 Å². The van der Waals surface area contributed by atoms with Gasteiger partial charge in [-0.25, -0.2) is 13.4 Å². The maximum absolute atomic E-state index is 14.7. The van der Waals surface area contributed by atoms with Crippen molar-refractivity contribution >= 4 is 26.6 Å². The summed E-state index contributed by atoms with van der Waals surface area (Å²) in [6.07, 6.45) is 2.56. The Labute approximate surface area is 291 Å². The zero-order valence-electron chi connectivity index (χ0n) is 28.3. The third-order valence-electron chi connectivity index (χ3n) is 10.8. The van der Waals surface area contributed by atoms with E-state index >= 15 is 0 Å². The summed E-state index contributed by atoms with van der Waals surface area (Å²) in [5.41, 5.74) is 1.20. The predicted octanol–water partition coefficient (Wildman–Crippen LogP) is 7.58. The first-order valence-electron chi connectivity index (χ1n) is 17.7. The fourth-order valence-electron chi connectivity index (χ4n) is 7.74. The Morgan fingerprint density at radius 2 is 1.64 bits per heavy atom. The Morgan fingerprint density at radius 1 is 0.920 bits per heavy atom. The monoisotopic (exact) mass is 704 g/mol. The SMILES string of the molecule is CCS(=O)(=O)c1ccc2c(C(=O)NC3(c4ccccc4)CC3)c(CN3CCC(N4CCCCC4)CC3)c(-c3cccc(C(F)(F)F)c3)nc2c1. The Hall–Kier alpha value is -3.80. The molecule has 1 aliphatic carbocycles. The van der Waals surface area contributed by atoms with Gasteiger partial charge in [0.05, 0.1) is 38.5 Å². The molecule has 1 N–H and O–H groups in total. The van der Waals surface area contributed by atoms with Crippen LogP contribution in [0.25, 0.3) is 22.2 Å². The fourth-order valence-corrected chi connectivity index (χ4v) is 8.64. The second-order valence-electron chi connectivity index (χ2n) is 14.0. The van der Waals surface area contributed by atoms with Crippen molar-refractivity contribution in [3.05, 3.63) is 95.1 Å². The standard InChI is InChI=1S/C39H43F3N4O3S/c1-2-50(48,49)31-14-15-32-34(25-31)43-36(27-10-9-13-29(24-27)39(40,41)42)33(26-45-22-16-30(17-23-45)46-20-7-4-8-21-46)35(32)37(47)44-38(18-19-38)28-11-5-3-6-12-28/h3,5-6,9-15,24-25,30H,2,4,7-8,16-23,26H2,1H3,(H,44,47). The normalized spacial score (nSPS) is 19.0. The molecule has 2 aliphatic heterocycles. The molecule has 7 rings (SSSR count). The van der Waals surface area contributed by atoms with Crippen LogP contribution in [0.15, 0.2) is 77.7 Å². The van der Waals surface area contributed by atoms with Gasteiger partial charge in [-0.05, 0) is 94.5 Å². The van der Waals surface area contributed by atoms with Crippen molar-refractivity contribution in [3.63, 3.8) is 0 Å². The summed E-state index contributed by atoms with van der Waals surface area (Å²) < 4.78 is 68.0. The van der Waals surface area contributed by atoms with Crippen molar-refractivity contribution in [1.82, 2.24) is 20.1 Å². The third kappa shape index (κ3) is 7.05. The number of halogens is 3. The lowest BCUT2D eigenvalue weighted by molar-refractivity contribution is -0.137. The summed E-state index contributed by atoms with van der Waals surface area (Å²) in [5.74, 6) is -0.478. The number of benzene rings is 3. The molecule has 1 amide bonds. The average molecular weight is 705 g/mol. The van der Waals surface area contributed by atoms with Gasteiger partial charge < -0.3 is 10.2 Å². The van der Waals surface area contributed by atoms with Gasteiger partial charge in [0, 0.05) is 29.1 Å². The number of likely N-dealkylation sites (tertiary alicyclic amines) is 2. The highest BCUT2D eigenvalue weighted by atomic mass is 32.2. The minimum Gasteiger partial charge on any atom is -0.342 e. The van der Waals surface area contributed by atoms with E-state index in [1.54, 1.807) is 19.1 Å². The van der Waals surface area contributed by atoms with E-state index in [0.717, 1.165) is 69.6 Å². The maximum atomic E-state index is 14.7. The molecule has 11 heteroatoms. The number of rotatable bonds is 9. The van der Waals surface area contributed by atoms with Crippen LogP contribution in [0, 0.1) is 0 Å². The summed E-state index contributed by atoms with van der Waals surface area (Å²) >= 11 is 0. The number of hydrogen-bond donors (Lipinski definition) is 1. The van der Waals surface area contributed by atoms with Gasteiger partial charge in [-0.2, -0.15) is 13.2 Å². The van der Waals surface area contributed by atoms with Crippen LogP contribution < -0.4 is 5.32 Å². The van der Waals surface area contributed by atoms with Gasteiger partial charge in [-0.1, -0.05) is 61.9 Å². The quantitative estimate of drug-likeness (QED) is 0.194. The summed E-state index contributed by atoms with van der Waals surface area (Å²) in [7, 11) is -3.63. The van der Waals surface area contributed by atoms with E-state index in [2.05, 4.69) is 15.1 Å². The number of carbonyl (C=O) groups excluding carboxylic acids is 1. The third-order valence-corrected chi connectivity index (χ3v) is 12.5. The van der Waals surface area contributed by atoms with E-state index in [4.69, 9.17) is 4.98 Å². The topological polar surface area (TPSA) is 82.6 Å². The van der Waals surface area contributed by atoms with Crippen molar-refractivity contribution in [2.75, 3.05) is 31.9 Å². The van der Waals surface area contributed by atoms with Crippen LogP contribution in [0.5, 0.6) is 0 Å².